The van der Waals surface area contributed by atoms with Crippen LogP contribution in [0.25, 0.3) is 0 Å². The second-order valence-electron chi connectivity index (χ2n) is 3.41. The van der Waals surface area contributed by atoms with E-state index in [1.165, 1.54) is 0 Å². The van der Waals surface area contributed by atoms with Crippen LogP contribution in [0.1, 0.15) is 15.9 Å². The Balaban J connectivity index is 2.76. The first-order chi connectivity index (χ1) is 7.69. The minimum absolute atomic E-state index is 0.103. The summed E-state index contributed by atoms with van der Waals surface area (Å²) in [6, 6.07) is 8.68. The van der Waals surface area contributed by atoms with E-state index in [2.05, 4.69) is 0 Å². The largest absolute Gasteiger partial charge is 0.383 e. The molecule has 0 atom stereocenters. The van der Waals surface area contributed by atoms with Gasteiger partial charge in [-0.15, -0.1) is 0 Å². The zero-order valence-electron chi connectivity index (χ0n) is 9.43. The molecule has 0 fully saturated rings. The third-order valence-corrected chi connectivity index (χ3v) is 2.22. The molecule has 16 heavy (non-hydrogen) atoms. The van der Waals surface area contributed by atoms with E-state index in [4.69, 9.17) is 10.00 Å². The monoisotopic (exact) mass is 218 g/mol. The maximum Gasteiger partial charge on any atom is 0.253 e. The zero-order valence-corrected chi connectivity index (χ0v) is 9.43. The van der Waals surface area contributed by atoms with Gasteiger partial charge in [0.25, 0.3) is 5.91 Å². The Hall–Kier alpha value is -1.86. The number of carbonyl (C=O) groups excluding carboxylic acids is 1. The van der Waals surface area contributed by atoms with E-state index >= 15 is 0 Å². The molecule has 1 aromatic rings. The van der Waals surface area contributed by atoms with Gasteiger partial charge in [0.15, 0.2) is 0 Å². The predicted octanol–water partition coefficient (Wildman–Crippen LogP) is 1.28. The first-order valence-electron chi connectivity index (χ1n) is 4.93. The van der Waals surface area contributed by atoms with E-state index in [-0.39, 0.29) is 5.91 Å². The van der Waals surface area contributed by atoms with Crippen molar-refractivity contribution in [1.82, 2.24) is 4.90 Å². The van der Waals surface area contributed by atoms with E-state index in [1.807, 2.05) is 6.07 Å². The predicted molar refractivity (Wildman–Crippen MR) is 60.0 cm³/mol. The number of benzene rings is 1. The molecule has 0 radical (unpaired) electrons. The summed E-state index contributed by atoms with van der Waals surface area (Å²) in [7, 11) is 3.30. The maximum absolute atomic E-state index is 11.9. The lowest BCUT2D eigenvalue weighted by atomic mass is 10.1. The standard InChI is InChI=1S/C12H14N2O2/c1-14(6-7-16-2)12(15)11-5-3-4-10(8-11)9-13/h3-5,8H,6-7H2,1-2H3. The molecule has 0 aromatic heterocycles. The molecule has 84 valence electrons. The molecule has 4 heteroatoms. The summed E-state index contributed by atoms with van der Waals surface area (Å²) in [6.45, 7) is 1.03. The van der Waals surface area contributed by atoms with Crippen LogP contribution in [0.3, 0.4) is 0 Å². The molecule has 0 bridgehead atoms. The molecular weight excluding hydrogens is 204 g/mol. The van der Waals surface area contributed by atoms with Crippen LogP contribution < -0.4 is 0 Å². The Labute approximate surface area is 95.0 Å². The lowest BCUT2D eigenvalue weighted by Gasteiger charge is -2.16. The molecule has 0 heterocycles. The summed E-state index contributed by atoms with van der Waals surface area (Å²) in [5.41, 5.74) is 1.02. The second-order valence-corrected chi connectivity index (χ2v) is 3.41. The molecule has 1 amide bonds. The van der Waals surface area contributed by atoms with Crippen molar-refractivity contribution in [3.05, 3.63) is 35.4 Å². The summed E-state index contributed by atoms with van der Waals surface area (Å²) in [5, 5.41) is 8.73. The highest BCUT2D eigenvalue weighted by atomic mass is 16.5. The maximum atomic E-state index is 11.9. The van der Waals surface area contributed by atoms with Crippen LogP contribution in [0.15, 0.2) is 24.3 Å². The molecule has 0 N–H and O–H groups in total. The van der Waals surface area contributed by atoms with E-state index in [0.717, 1.165) is 0 Å². The van der Waals surface area contributed by atoms with Crippen LogP contribution in [0, 0.1) is 11.3 Å². The quantitative estimate of drug-likeness (QED) is 0.764. The lowest BCUT2D eigenvalue weighted by Crippen LogP contribution is -2.29. The minimum atomic E-state index is -0.103. The lowest BCUT2D eigenvalue weighted by molar-refractivity contribution is 0.0744. The zero-order chi connectivity index (χ0) is 12.0. The molecule has 0 unspecified atom stereocenters. The Morgan fingerprint density at radius 3 is 2.94 bits per heavy atom. The van der Waals surface area contributed by atoms with Gasteiger partial charge in [0.1, 0.15) is 0 Å². The molecule has 4 nitrogen and oxygen atoms in total. The van der Waals surface area contributed by atoms with Crippen molar-refractivity contribution in [2.24, 2.45) is 0 Å². The van der Waals surface area contributed by atoms with Crippen molar-refractivity contribution in [1.29, 1.82) is 5.26 Å². The average Bonchev–Trinajstić information content (AvgIpc) is 2.35. The number of nitriles is 1. The second kappa shape index (κ2) is 5.89. The van der Waals surface area contributed by atoms with Crippen molar-refractivity contribution >= 4 is 5.91 Å². The van der Waals surface area contributed by atoms with E-state index in [1.54, 1.807) is 43.3 Å². The van der Waals surface area contributed by atoms with Gasteiger partial charge < -0.3 is 9.64 Å². The van der Waals surface area contributed by atoms with Gasteiger partial charge in [-0.3, -0.25) is 4.79 Å². The van der Waals surface area contributed by atoms with Gasteiger partial charge in [0, 0.05) is 26.3 Å². The van der Waals surface area contributed by atoms with Crippen molar-refractivity contribution < 1.29 is 9.53 Å². The summed E-state index contributed by atoms with van der Waals surface area (Å²) in [4.78, 5) is 13.4. The molecule has 0 saturated carbocycles. The van der Waals surface area contributed by atoms with Crippen LogP contribution in [0.5, 0.6) is 0 Å². The molecule has 1 rings (SSSR count). The molecular formula is C12H14N2O2. The summed E-state index contributed by atoms with van der Waals surface area (Å²) < 4.78 is 4.90. The van der Waals surface area contributed by atoms with Crippen molar-refractivity contribution in [3.63, 3.8) is 0 Å². The smallest absolute Gasteiger partial charge is 0.253 e. The van der Waals surface area contributed by atoms with Crippen molar-refractivity contribution in [2.45, 2.75) is 0 Å². The number of ether oxygens (including phenoxy) is 1. The number of hydrogen-bond acceptors (Lipinski definition) is 3. The van der Waals surface area contributed by atoms with Crippen LogP contribution in [-0.4, -0.2) is 38.1 Å². The Kier molecular flexibility index (Phi) is 4.49. The normalized spacial score (nSPS) is 9.56. The number of rotatable bonds is 4. The van der Waals surface area contributed by atoms with Crippen LogP contribution >= 0.6 is 0 Å². The first kappa shape index (κ1) is 12.2. The number of hydrogen-bond donors (Lipinski definition) is 0. The number of nitrogens with zero attached hydrogens (tertiary/aromatic N) is 2. The fourth-order valence-electron chi connectivity index (χ4n) is 1.27. The Morgan fingerprint density at radius 1 is 1.56 bits per heavy atom. The van der Waals surface area contributed by atoms with Gasteiger partial charge in [-0.25, -0.2) is 0 Å². The van der Waals surface area contributed by atoms with Crippen LogP contribution in [-0.2, 0) is 4.74 Å². The average molecular weight is 218 g/mol. The van der Waals surface area contributed by atoms with Gasteiger partial charge in [-0.2, -0.15) is 5.26 Å². The Morgan fingerprint density at radius 2 is 2.31 bits per heavy atom. The summed E-state index contributed by atoms with van der Waals surface area (Å²) >= 11 is 0. The first-order valence-corrected chi connectivity index (χ1v) is 4.93. The number of carbonyl (C=O) groups is 1. The minimum Gasteiger partial charge on any atom is -0.383 e. The third kappa shape index (κ3) is 3.07. The number of methoxy groups -OCH3 is 1. The third-order valence-electron chi connectivity index (χ3n) is 2.22. The van der Waals surface area contributed by atoms with Crippen molar-refractivity contribution in [2.75, 3.05) is 27.3 Å². The van der Waals surface area contributed by atoms with Crippen LogP contribution in [0.4, 0.5) is 0 Å². The number of amides is 1. The molecule has 0 saturated heterocycles. The molecule has 0 aliphatic heterocycles. The van der Waals surface area contributed by atoms with Gasteiger partial charge in [0.2, 0.25) is 0 Å². The molecule has 1 aromatic carbocycles. The summed E-state index contributed by atoms with van der Waals surface area (Å²) in [5.74, 6) is -0.103. The van der Waals surface area contributed by atoms with E-state index in [9.17, 15) is 4.79 Å². The van der Waals surface area contributed by atoms with Gasteiger partial charge in [-0.05, 0) is 18.2 Å². The van der Waals surface area contributed by atoms with Gasteiger partial charge in [0.05, 0.1) is 18.2 Å². The van der Waals surface area contributed by atoms with E-state index in [0.29, 0.717) is 24.3 Å². The topological polar surface area (TPSA) is 53.3 Å². The summed E-state index contributed by atoms with van der Waals surface area (Å²) in [6.07, 6.45) is 0. The van der Waals surface area contributed by atoms with E-state index < -0.39 is 0 Å². The van der Waals surface area contributed by atoms with Gasteiger partial charge in [-0.1, -0.05) is 6.07 Å². The SMILES string of the molecule is COCCN(C)C(=O)c1cccc(C#N)c1. The molecule has 0 aliphatic rings. The highest BCUT2D eigenvalue weighted by molar-refractivity contribution is 5.94. The van der Waals surface area contributed by atoms with Crippen LogP contribution in [0.2, 0.25) is 0 Å². The van der Waals surface area contributed by atoms with Gasteiger partial charge >= 0.3 is 0 Å². The molecule has 0 aliphatic carbocycles. The Bertz CT molecular complexity index is 410. The highest BCUT2D eigenvalue weighted by Gasteiger charge is 2.11. The fraction of sp³-hybridized carbons (Fsp3) is 0.333. The highest BCUT2D eigenvalue weighted by Crippen LogP contribution is 2.06. The van der Waals surface area contributed by atoms with Crippen molar-refractivity contribution in [3.8, 4) is 6.07 Å². The number of likely N-dealkylation sites (N-methyl/N-ethyl adjacent to an activating group) is 1. The fourth-order valence-corrected chi connectivity index (χ4v) is 1.27. The molecule has 0 spiro atoms.